The standard InChI is InChI=1S/C21H26N6O2.HI/c1-4-22-21(24-13-16-8-9-18(28-2)19(11-16)29-3)23-12-15-6-5-7-17(10-15)20-25-14-26-27-20;/h5-11,14H,4,12-13H2,1-3H3,(H2,22,23,24)(H,25,26,27);1H. The summed E-state index contributed by atoms with van der Waals surface area (Å²) in [5, 5.41) is 13.4. The maximum Gasteiger partial charge on any atom is 0.191 e. The number of aromatic nitrogens is 3. The van der Waals surface area contributed by atoms with Gasteiger partial charge in [-0.15, -0.1) is 24.0 Å². The summed E-state index contributed by atoms with van der Waals surface area (Å²) >= 11 is 0. The Morgan fingerprint density at radius 1 is 1.03 bits per heavy atom. The number of aliphatic imine (C=N–C) groups is 1. The van der Waals surface area contributed by atoms with E-state index in [9.17, 15) is 0 Å². The number of hydrogen-bond donors (Lipinski definition) is 3. The molecule has 9 heteroatoms. The van der Waals surface area contributed by atoms with E-state index in [-0.39, 0.29) is 24.0 Å². The number of nitrogens with one attached hydrogen (secondary N) is 3. The summed E-state index contributed by atoms with van der Waals surface area (Å²) in [5.74, 6) is 2.91. The molecule has 0 radical (unpaired) electrons. The fourth-order valence-electron chi connectivity index (χ4n) is 2.85. The van der Waals surface area contributed by atoms with Gasteiger partial charge in [-0.3, -0.25) is 5.10 Å². The molecule has 0 saturated carbocycles. The third kappa shape index (κ3) is 6.34. The van der Waals surface area contributed by atoms with Gasteiger partial charge in [0.1, 0.15) is 6.33 Å². The lowest BCUT2D eigenvalue weighted by molar-refractivity contribution is 0.354. The van der Waals surface area contributed by atoms with E-state index in [0.717, 1.165) is 35.0 Å². The predicted molar refractivity (Wildman–Crippen MR) is 128 cm³/mol. The van der Waals surface area contributed by atoms with E-state index >= 15 is 0 Å². The molecule has 3 aromatic rings. The third-order valence-electron chi connectivity index (χ3n) is 4.29. The molecule has 1 heterocycles. The number of hydrogen-bond acceptors (Lipinski definition) is 5. The van der Waals surface area contributed by atoms with Crippen LogP contribution in [0.5, 0.6) is 11.5 Å². The maximum absolute atomic E-state index is 5.37. The van der Waals surface area contributed by atoms with Crippen molar-refractivity contribution in [2.45, 2.75) is 20.0 Å². The average Bonchev–Trinajstić information content (AvgIpc) is 3.30. The molecule has 2 aromatic carbocycles. The molecule has 30 heavy (non-hydrogen) atoms. The Balaban J connectivity index is 0.00000320. The molecule has 0 aliphatic carbocycles. The first kappa shape index (κ1) is 23.5. The van der Waals surface area contributed by atoms with Gasteiger partial charge in [-0.25, -0.2) is 9.98 Å². The molecular formula is C21H27IN6O2. The van der Waals surface area contributed by atoms with Crippen LogP contribution in [0.1, 0.15) is 18.1 Å². The van der Waals surface area contributed by atoms with Gasteiger partial charge in [0.2, 0.25) is 0 Å². The number of halogens is 1. The summed E-state index contributed by atoms with van der Waals surface area (Å²) in [6.07, 6.45) is 1.50. The second kappa shape index (κ2) is 12.0. The Labute approximate surface area is 193 Å². The largest absolute Gasteiger partial charge is 0.493 e. The minimum absolute atomic E-state index is 0. The van der Waals surface area contributed by atoms with Crippen molar-refractivity contribution >= 4 is 29.9 Å². The molecule has 8 nitrogen and oxygen atoms in total. The van der Waals surface area contributed by atoms with Gasteiger partial charge in [0, 0.05) is 18.7 Å². The van der Waals surface area contributed by atoms with Gasteiger partial charge >= 0.3 is 0 Å². The van der Waals surface area contributed by atoms with Crippen molar-refractivity contribution in [1.29, 1.82) is 0 Å². The molecule has 0 spiro atoms. The Kier molecular flexibility index (Phi) is 9.39. The van der Waals surface area contributed by atoms with Crippen LogP contribution in [-0.2, 0) is 13.1 Å². The zero-order valence-corrected chi connectivity index (χ0v) is 19.6. The highest BCUT2D eigenvalue weighted by molar-refractivity contribution is 14.0. The summed E-state index contributed by atoms with van der Waals surface area (Å²) < 4.78 is 10.7. The van der Waals surface area contributed by atoms with Gasteiger partial charge in [0.25, 0.3) is 0 Å². The van der Waals surface area contributed by atoms with Crippen LogP contribution in [0.25, 0.3) is 11.4 Å². The average molecular weight is 522 g/mol. The number of ether oxygens (including phenoxy) is 2. The van der Waals surface area contributed by atoms with Crippen molar-refractivity contribution in [3.63, 3.8) is 0 Å². The summed E-state index contributed by atoms with van der Waals surface area (Å²) in [5.41, 5.74) is 3.14. The summed E-state index contributed by atoms with van der Waals surface area (Å²) in [6.45, 7) is 3.97. The SMILES string of the molecule is CCNC(=NCc1cccc(-c2ncn[nH]2)c1)NCc1ccc(OC)c(OC)c1.I. The summed E-state index contributed by atoms with van der Waals surface area (Å²) in [6, 6.07) is 13.9. The van der Waals surface area contributed by atoms with Crippen LogP contribution in [0.4, 0.5) is 0 Å². The van der Waals surface area contributed by atoms with Crippen molar-refractivity contribution in [3.8, 4) is 22.9 Å². The first-order valence-corrected chi connectivity index (χ1v) is 9.41. The van der Waals surface area contributed by atoms with Gasteiger partial charge in [-0.2, -0.15) is 5.10 Å². The van der Waals surface area contributed by atoms with Gasteiger partial charge < -0.3 is 20.1 Å². The first-order valence-electron chi connectivity index (χ1n) is 9.41. The van der Waals surface area contributed by atoms with Crippen LogP contribution in [0.15, 0.2) is 53.8 Å². The Hall–Kier alpha value is -2.82. The van der Waals surface area contributed by atoms with Crippen LogP contribution in [0.3, 0.4) is 0 Å². The van der Waals surface area contributed by atoms with Crippen molar-refractivity contribution in [2.24, 2.45) is 4.99 Å². The van der Waals surface area contributed by atoms with Crippen molar-refractivity contribution in [1.82, 2.24) is 25.8 Å². The van der Waals surface area contributed by atoms with Crippen molar-refractivity contribution in [3.05, 3.63) is 59.9 Å². The van der Waals surface area contributed by atoms with Crippen molar-refractivity contribution < 1.29 is 9.47 Å². The Morgan fingerprint density at radius 2 is 1.87 bits per heavy atom. The molecule has 0 saturated heterocycles. The summed E-state index contributed by atoms with van der Waals surface area (Å²) in [4.78, 5) is 8.89. The molecule has 0 bridgehead atoms. The number of nitrogens with zero attached hydrogens (tertiary/aromatic N) is 3. The fraction of sp³-hybridized carbons (Fsp3) is 0.286. The normalized spacial score (nSPS) is 10.8. The quantitative estimate of drug-likeness (QED) is 0.239. The second-order valence-corrected chi connectivity index (χ2v) is 6.27. The van der Waals surface area contributed by atoms with Crippen LogP contribution in [-0.4, -0.2) is 41.9 Å². The minimum atomic E-state index is 0. The minimum Gasteiger partial charge on any atom is -0.493 e. The molecule has 1 aromatic heterocycles. The Morgan fingerprint density at radius 3 is 2.57 bits per heavy atom. The van der Waals surface area contributed by atoms with E-state index in [1.54, 1.807) is 14.2 Å². The highest BCUT2D eigenvalue weighted by Gasteiger charge is 2.06. The number of benzene rings is 2. The third-order valence-corrected chi connectivity index (χ3v) is 4.29. The highest BCUT2D eigenvalue weighted by atomic mass is 127. The number of aromatic amines is 1. The Bertz CT molecular complexity index is 946. The molecule has 0 fully saturated rings. The maximum atomic E-state index is 5.37. The molecule has 0 unspecified atom stereocenters. The first-order chi connectivity index (χ1) is 14.2. The zero-order valence-electron chi connectivity index (χ0n) is 17.3. The summed E-state index contributed by atoms with van der Waals surface area (Å²) in [7, 11) is 3.26. The molecular weight excluding hydrogens is 495 g/mol. The van der Waals surface area contributed by atoms with E-state index in [1.807, 2.05) is 43.3 Å². The lowest BCUT2D eigenvalue weighted by Gasteiger charge is -2.13. The molecule has 0 aliphatic heterocycles. The van der Waals surface area contributed by atoms with E-state index in [1.165, 1.54) is 6.33 Å². The van der Waals surface area contributed by atoms with E-state index in [0.29, 0.717) is 24.6 Å². The molecule has 0 atom stereocenters. The fourth-order valence-corrected chi connectivity index (χ4v) is 2.85. The topological polar surface area (TPSA) is 96.5 Å². The molecule has 3 N–H and O–H groups in total. The number of H-pyrrole nitrogens is 1. The van der Waals surface area contributed by atoms with Crippen LogP contribution < -0.4 is 20.1 Å². The number of guanidine groups is 1. The second-order valence-electron chi connectivity index (χ2n) is 6.27. The van der Waals surface area contributed by atoms with Crippen molar-refractivity contribution in [2.75, 3.05) is 20.8 Å². The van der Waals surface area contributed by atoms with Crippen LogP contribution >= 0.6 is 24.0 Å². The molecule has 0 aliphatic rings. The lowest BCUT2D eigenvalue weighted by Crippen LogP contribution is -2.36. The molecule has 160 valence electrons. The van der Waals surface area contributed by atoms with E-state index < -0.39 is 0 Å². The van der Waals surface area contributed by atoms with E-state index in [2.05, 4.69) is 36.9 Å². The zero-order chi connectivity index (χ0) is 20.5. The lowest BCUT2D eigenvalue weighted by atomic mass is 10.1. The van der Waals surface area contributed by atoms with Gasteiger partial charge in [0.05, 0.1) is 20.8 Å². The van der Waals surface area contributed by atoms with E-state index in [4.69, 9.17) is 9.47 Å². The van der Waals surface area contributed by atoms with Crippen LogP contribution in [0, 0.1) is 0 Å². The van der Waals surface area contributed by atoms with Gasteiger partial charge in [-0.1, -0.05) is 24.3 Å². The number of methoxy groups -OCH3 is 2. The van der Waals surface area contributed by atoms with Gasteiger partial charge in [0.15, 0.2) is 23.3 Å². The number of rotatable bonds is 8. The molecule has 0 amide bonds. The predicted octanol–water partition coefficient (Wildman–Crippen LogP) is 3.36. The highest BCUT2D eigenvalue weighted by Crippen LogP contribution is 2.27. The molecule has 3 rings (SSSR count). The van der Waals surface area contributed by atoms with Crippen LogP contribution in [0.2, 0.25) is 0 Å². The van der Waals surface area contributed by atoms with Gasteiger partial charge in [-0.05, 0) is 36.2 Å². The monoisotopic (exact) mass is 522 g/mol. The smallest absolute Gasteiger partial charge is 0.191 e.